The number of nitrogens with zero attached hydrogens (tertiary/aromatic N) is 1. The van der Waals surface area contributed by atoms with Gasteiger partial charge in [0, 0.05) is 43.2 Å². The van der Waals surface area contributed by atoms with E-state index >= 15 is 0 Å². The van der Waals surface area contributed by atoms with Crippen LogP contribution in [0.1, 0.15) is 67.5 Å². The van der Waals surface area contributed by atoms with Crippen LogP contribution in [0.15, 0.2) is 36.4 Å². The molecule has 0 saturated carbocycles. The molecule has 0 spiro atoms. The minimum atomic E-state index is -0.322. The number of amides is 1. The van der Waals surface area contributed by atoms with Gasteiger partial charge in [-0.1, -0.05) is 12.1 Å². The molecule has 1 saturated heterocycles. The highest BCUT2D eigenvalue weighted by Crippen LogP contribution is 2.23. The summed E-state index contributed by atoms with van der Waals surface area (Å²) in [5, 5.41) is 3.14. The van der Waals surface area contributed by atoms with Crippen molar-refractivity contribution in [3.05, 3.63) is 69.8 Å². The van der Waals surface area contributed by atoms with Crippen molar-refractivity contribution >= 4 is 17.8 Å². The van der Waals surface area contributed by atoms with E-state index in [1.54, 1.807) is 18.2 Å². The number of nitrogens with one attached hydrogen (secondary N) is 1. The summed E-state index contributed by atoms with van der Waals surface area (Å²) < 4.78 is 10.3. The Morgan fingerprint density at radius 1 is 1.03 bits per heavy atom. The van der Waals surface area contributed by atoms with Crippen molar-refractivity contribution in [3.63, 3.8) is 0 Å². The standard InChI is InChI=1S/C26H28N2O5/c1-16-12-19-13-17(2-4-22(19)26(31)33-16)6-9-28-10-7-21(8-11-28)27-24(29)18-3-5-23-20(14-18)15-32-25(23)30/h2-5,13-14,16,21H,6-12,15H2,1H3,(H,27,29). The van der Waals surface area contributed by atoms with Crippen LogP contribution in [0, 0.1) is 0 Å². The largest absolute Gasteiger partial charge is 0.459 e. The molecule has 1 fully saturated rings. The number of hydrogen-bond donors (Lipinski definition) is 1. The van der Waals surface area contributed by atoms with Crippen LogP contribution in [0.5, 0.6) is 0 Å². The van der Waals surface area contributed by atoms with E-state index in [-0.39, 0.29) is 36.6 Å². The molecule has 0 radical (unpaired) electrons. The lowest BCUT2D eigenvalue weighted by Crippen LogP contribution is -2.45. The number of esters is 2. The van der Waals surface area contributed by atoms with E-state index in [1.807, 2.05) is 19.1 Å². The monoisotopic (exact) mass is 448 g/mol. The van der Waals surface area contributed by atoms with Crippen molar-refractivity contribution in [3.8, 4) is 0 Å². The van der Waals surface area contributed by atoms with E-state index in [2.05, 4.69) is 16.3 Å². The minimum absolute atomic E-state index is 0.0675. The van der Waals surface area contributed by atoms with Crippen LogP contribution >= 0.6 is 0 Å². The van der Waals surface area contributed by atoms with Crippen molar-refractivity contribution in [2.24, 2.45) is 0 Å². The van der Waals surface area contributed by atoms with Gasteiger partial charge < -0.3 is 19.7 Å². The maximum absolute atomic E-state index is 12.7. The second-order valence-corrected chi connectivity index (χ2v) is 9.20. The van der Waals surface area contributed by atoms with Gasteiger partial charge in [0.25, 0.3) is 5.91 Å². The normalized spacial score (nSPS) is 20.6. The third-order valence-corrected chi connectivity index (χ3v) is 6.79. The molecule has 1 atom stereocenters. The van der Waals surface area contributed by atoms with E-state index in [4.69, 9.17) is 9.47 Å². The summed E-state index contributed by atoms with van der Waals surface area (Å²) >= 11 is 0. The van der Waals surface area contributed by atoms with E-state index in [1.165, 1.54) is 5.56 Å². The highest BCUT2D eigenvalue weighted by atomic mass is 16.5. The zero-order valence-electron chi connectivity index (χ0n) is 18.8. The van der Waals surface area contributed by atoms with Crippen LogP contribution in [-0.2, 0) is 28.9 Å². The Balaban J connectivity index is 1.10. The van der Waals surface area contributed by atoms with Crippen LogP contribution in [-0.4, -0.2) is 54.5 Å². The van der Waals surface area contributed by atoms with Gasteiger partial charge >= 0.3 is 11.9 Å². The molecule has 3 aliphatic rings. The average Bonchev–Trinajstić information content (AvgIpc) is 3.18. The Bertz CT molecular complexity index is 1100. The first kappa shape index (κ1) is 21.6. The first-order chi connectivity index (χ1) is 16.0. The van der Waals surface area contributed by atoms with Crippen molar-refractivity contribution in [1.82, 2.24) is 10.2 Å². The molecule has 0 aromatic heterocycles. The highest BCUT2D eigenvalue weighted by Gasteiger charge is 2.26. The SMILES string of the molecule is CC1Cc2cc(CCN3CCC(NC(=O)c4ccc5c(c4)COC5=O)CC3)ccc2C(=O)O1. The Labute approximate surface area is 193 Å². The number of likely N-dealkylation sites (tertiary alicyclic amines) is 1. The van der Waals surface area contributed by atoms with Crippen LogP contribution in [0.2, 0.25) is 0 Å². The molecule has 1 unspecified atom stereocenters. The fraction of sp³-hybridized carbons (Fsp3) is 0.423. The Morgan fingerprint density at radius 3 is 2.61 bits per heavy atom. The maximum atomic E-state index is 12.7. The molecule has 2 aromatic carbocycles. The van der Waals surface area contributed by atoms with E-state index in [9.17, 15) is 14.4 Å². The lowest BCUT2D eigenvalue weighted by Gasteiger charge is -2.32. The summed E-state index contributed by atoms with van der Waals surface area (Å²) in [5.41, 5.74) is 4.91. The van der Waals surface area contributed by atoms with Crippen molar-refractivity contribution in [1.29, 1.82) is 0 Å². The van der Waals surface area contributed by atoms with E-state index in [0.717, 1.165) is 56.4 Å². The molecule has 172 valence electrons. The van der Waals surface area contributed by atoms with Crippen LogP contribution < -0.4 is 5.32 Å². The molecule has 7 nitrogen and oxygen atoms in total. The molecule has 1 amide bonds. The van der Waals surface area contributed by atoms with Crippen molar-refractivity contribution < 1.29 is 23.9 Å². The second kappa shape index (κ2) is 8.98. The predicted molar refractivity (Wildman–Crippen MR) is 121 cm³/mol. The van der Waals surface area contributed by atoms with Gasteiger partial charge in [-0.25, -0.2) is 9.59 Å². The fourth-order valence-corrected chi connectivity index (χ4v) is 4.90. The molecule has 33 heavy (non-hydrogen) atoms. The number of ether oxygens (including phenoxy) is 2. The Hall–Kier alpha value is -3.19. The fourth-order valence-electron chi connectivity index (χ4n) is 4.90. The van der Waals surface area contributed by atoms with Crippen LogP contribution in [0.25, 0.3) is 0 Å². The van der Waals surface area contributed by atoms with Gasteiger partial charge in [0.1, 0.15) is 12.7 Å². The zero-order valence-corrected chi connectivity index (χ0v) is 18.8. The predicted octanol–water partition coefficient (Wildman–Crippen LogP) is 2.90. The second-order valence-electron chi connectivity index (χ2n) is 9.20. The summed E-state index contributed by atoms with van der Waals surface area (Å²) in [6, 6.07) is 11.3. The third-order valence-electron chi connectivity index (χ3n) is 6.79. The van der Waals surface area contributed by atoms with Gasteiger partial charge in [-0.2, -0.15) is 0 Å². The number of rotatable bonds is 5. The molecular formula is C26H28N2O5. The number of piperidine rings is 1. The molecule has 3 aliphatic heterocycles. The summed E-state index contributed by atoms with van der Waals surface area (Å²) in [4.78, 5) is 38.7. The van der Waals surface area contributed by atoms with Crippen molar-refractivity contribution in [2.45, 2.75) is 51.4 Å². The Morgan fingerprint density at radius 2 is 1.79 bits per heavy atom. The van der Waals surface area contributed by atoms with Crippen LogP contribution in [0.3, 0.4) is 0 Å². The molecule has 5 rings (SSSR count). The number of benzene rings is 2. The van der Waals surface area contributed by atoms with Gasteiger partial charge in [-0.3, -0.25) is 4.79 Å². The number of carbonyl (C=O) groups excluding carboxylic acids is 3. The van der Waals surface area contributed by atoms with E-state index < -0.39 is 0 Å². The van der Waals surface area contributed by atoms with Gasteiger partial charge in [0.15, 0.2) is 0 Å². The average molecular weight is 449 g/mol. The molecule has 2 aromatic rings. The van der Waals surface area contributed by atoms with Gasteiger partial charge in [-0.15, -0.1) is 0 Å². The van der Waals surface area contributed by atoms with Gasteiger partial charge in [0.05, 0.1) is 11.1 Å². The smallest absolute Gasteiger partial charge is 0.338 e. The summed E-state index contributed by atoms with van der Waals surface area (Å²) in [5.74, 6) is -0.643. The highest BCUT2D eigenvalue weighted by molar-refractivity contribution is 5.98. The molecular weight excluding hydrogens is 420 g/mol. The lowest BCUT2D eigenvalue weighted by atomic mass is 9.95. The first-order valence-corrected chi connectivity index (χ1v) is 11.6. The van der Waals surface area contributed by atoms with Crippen molar-refractivity contribution in [2.75, 3.05) is 19.6 Å². The van der Waals surface area contributed by atoms with E-state index in [0.29, 0.717) is 16.7 Å². The van der Waals surface area contributed by atoms with Crippen LogP contribution in [0.4, 0.5) is 0 Å². The quantitative estimate of drug-likeness (QED) is 0.708. The third kappa shape index (κ3) is 4.64. The lowest BCUT2D eigenvalue weighted by molar-refractivity contribution is 0.0300. The maximum Gasteiger partial charge on any atom is 0.338 e. The topological polar surface area (TPSA) is 84.9 Å². The molecule has 3 heterocycles. The first-order valence-electron chi connectivity index (χ1n) is 11.6. The number of hydrogen-bond acceptors (Lipinski definition) is 6. The molecule has 1 N–H and O–H groups in total. The zero-order chi connectivity index (χ0) is 22.9. The number of fused-ring (bicyclic) bond motifs is 2. The summed E-state index contributed by atoms with van der Waals surface area (Å²) in [6.45, 7) is 4.99. The number of cyclic esters (lactones) is 2. The summed E-state index contributed by atoms with van der Waals surface area (Å²) in [6.07, 6.45) is 3.46. The van der Waals surface area contributed by atoms with Gasteiger partial charge in [0.2, 0.25) is 0 Å². The summed E-state index contributed by atoms with van der Waals surface area (Å²) in [7, 11) is 0. The molecule has 0 bridgehead atoms. The molecule has 0 aliphatic carbocycles. The Kier molecular flexibility index (Phi) is 5.89. The minimum Gasteiger partial charge on any atom is -0.459 e. The molecule has 7 heteroatoms. The number of carbonyl (C=O) groups is 3. The van der Waals surface area contributed by atoms with Gasteiger partial charge in [-0.05, 0) is 61.6 Å².